The maximum absolute atomic E-state index is 13.4. The smallest absolute Gasteiger partial charge is 0.416 e. The number of rotatable bonds is 6. The number of nitrogens with zero attached hydrogens (tertiary/aromatic N) is 2. The van der Waals surface area contributed by atoms with Gasteiger partial charge in [-0.1, -0.05) is 19.9 Å². The largest absolute Gasteiger partial charge is 0.460 e. The van der Waals surface area contributed by atoms with Gasteiger partial charge in [-0.15, -0.1) is 0 Å². The van der Waals surface area contributed by atoms with E-state index in [4.69, 9.17) is 4.74 Å². The van der Waals surface area contributed by atoms with Crippen molar-refractivity contribution in [3.63, 3.8) is 0 Å². The highest BCUT2D eigenvalue weighted by atomic mass is 19.4. The summed E-state index contributed by atoms with van der Waals surface area (Å²) in [4.78, 5) is 16.7. The number of alkyl halides is 3. The molecular weight excluding hydrogens is 381 g/mol. The van der Waals surface area contributed by atoms with Crippen LogP contribution < -0.4 is 0 Å². The zero-order chi connectivity index (χ0) is 21.8. The van der Waals surface area contributed by atoms with Crippen LogP contribution in [0.5, 0.6) is 0 Å². The molecule has 0 aliphatic carbocycles. The third-order valence-corrected chi connectivity index (χ3v) is 4.64. The Morgan fingerprint density at radius 3 is 2.07 bits per heavy atom. The van der Waals surface area contributed by atoms with E-state index >= 15 is 0 Å². The first-order chi connectivity index (χ1) is 13.3. The van der Waals surface area contributed by atoms with Gasteiger partial charge < -0.3 is 9.64 Å². The van der Waals surface area contributed by atoms with E-state index in [0.717, 1.165) is 38.8 Å². The number of piperazine rings is 1. The van der Waals surface area contributed by atoms with Crippen LogP contribution in [0.25, 0.3) is 0 Å². The first kappa shape index (κ1) is 23.7. The summed E-state index contributed by atoms with van der Waals surface area (Å²) in [5.41, 5.74) is -0.470. The Bertz CT molecular complexity index is 688. The molecule has 4 nitrogen and oxygen atoms in total. The molecule has 0 amide bonds. The minimum atomic E-state index is -4.45. The van der Waals surface area contributed by atoms with Gasteiger partial charge in [-0.05, 0) is 49.9 Å². The summed E-state index contributed by atoms with van der Waals surface area (Å²) < 4.78 is 45.4. The van der Waals surface area contributed by atoms with Crippen LogP contribution in [0.1, 0.15) is 51.3 Å². The van der Waals surface area contributed by atoms with Gasteiger partial charge >= 0.3 is 12.1 Å². The highest BCUT2D eigenvalue weighted by Crippen LogP contribution is 2.31. The Labute approximate surface area is 172 Å². The molecule has 1 saturated heterocycles. The van der Waals surface area contributed by atoms with Crippen molar-refractivity contribution in [2.75, 3.05) is 32.7 Å². The van der Waals surface area contributed by atoms with Gasteiger partial charge in [0.05, 0.1) is 12.0 Å². The van der Waals surface area contributed by atoms with Crippen molar-refractivity contribution in [3.8, 4) is 0 Å². The second-order valence-corrected chi connectivity index (χ2v) is 9.27. The van der Waals surface area contributed by atoms with E-state index in [1.165, 1.54) is 6.07 Å². The van der Waals surface area contributed by atoms with E-state index in [0.29, 0.717) is 23.6 Å². The summed E-state index contributed by atoms with van der Waals surface area (Å²) in [6.45, 7) is 14.5. The standard InChI is InChI=1S/C22H33F3N2O2/c1-16(2)14-26-6-8-27(9-7-26)15-18-10-17(11-19(12-18)22(23,24)25)13-20(28)29-21(3,4)5/h10-12,16H,6-9,13-15H2,1-5H3. The van der Waals surface area contributed by atoms with Crippen molar-refractivity contribution < 1.29 is 22.7 Å². The highest BCUT2D eigenvalue weighted by molar-refractivity contribution is 5.73. The van der Waals surface area contributed by atoms with E-state index in [-0.39, 0.29) is 6.42 Å². The predicted molar refractivity (Wildman–Crippen MR) is 108 cm³/mol. The van der Waals surface area contributed by atoms with Gasteiger partial charge in [-0.3, -0.25) is 9.69 Å². The molecule has 1 aromatic rings. The van der Waals surface area contributed by atoms with E-state index in [9.17, 15) is 18.0 Å². The highest BCUT2D eigenvalue weighted by Gasteiger charge is 2.32. The number of halogens is 3. The molecule has 29 heavy (non-hydrogen) atoms. The lowest BCUT2D eigenvalue weighted by molar-refractivity contribution is -0.154. The van der Waals surface area contributed by atoms with E-state index in [2.05, 4.69) is 23.6 Å². The number of hydrogen-bond acceptors (Lipinski definition) is 4. The van der Waals surface area contributed by atoms with Crippen LogP contribution in [-0.2, 0) is 28.7 Å². The Morgan fingerprint density at radius 1 is 1.00 bits per heavy atom. The zero-order valence-electron chi connectivity index (χ0n) is 18.1. The lowest BCUT2D eigenvalue weighted by atomic mass is 10.0. The van der Waals surface area contributed by atoms with Crippen LogP contribution in [-0.4, -0.2) is 54.1 Å². The summed E-state index contributed by atoms with van der Waals surface area (Å²) in [6.07, 6.45) is -4.62. The minimum Gasteiger partial charge on any atom is -0.460 e. The Hall–Kier alpha value is -1.60. The van der Waals surface area contributed by atoms with Crippen molar-refractivity contribution >= 4 is 5.97 Å². The first-order valence-electron chi connectivity index (χ1n) is 10.2. The molecule has 0 spiro atoms. The number of esters is 1. The Kier molecular flexibility index (Phi) is 7.74. The van der Waals surface area contributed by atoms with Crippen LogP contribution in [0.3, 0.4) is 0 Å². The summed E-state index contributed by atoms with van der Waals surface area (Å²) in [5, 5.41) is 0. The molecule has 1 aliphatic heterocycles. The fourth-order valence-corrected chi connectivity index (χ4v) is 3.57. The molecule has 7 heteroatoms. The molecule has 0 radical (unpaired) electrons. The van der Waals surface area contributed by atoms with Crippen molar-refractivity contribution in [1.29, 1.82) is 0 Å². The fraction of sp³-hybridized carbons (Fsp3) is 0.682. The van der Waals surface area contributed by atoms with Crippen LogP contribution in [0.15, 0.2) is 18.2 Å². The molecule has 0 aromatic heterocycles. The van der Waals surface area contributed by atoms with Gasteiger partial charge in [-0.25, -0.2) is 0 Å². The van der Waals surface area contributed by atoms with Crippen molar-refractivity contribution in [2.45, 2.75) is 59.4 Å². The van der Waals surface area contributed by atoms with Gasteiger partial charge in [0.15, 0.2) is 0 Å². The maximum atomic E-state index is 13.4. The third kappa shape index (κ3) is 8.34. The Balaban J connectivity index is 2.10. The predicted octanol–water partition coefficient (Wildman–Crippen LogP) is 4.36. The number of ether oxygens (including phenoxy) is 1. The number of benzene rings is 1. The van der Waals surface area contributed by atoms with Gasteiger partial charge in [-0.2, -0.15) is 13.2 Å². The van der Waals surface area contributed by atoms with Crippen LogP contribution in [0.2, 0.25) is 0 Å². The van der Waals surface area contributed by atoms with Gasteiger partial charge in [0.2, 0.25) is 0 Å². The molecule has 1 fully saturated rings. The lowest BCUT2D eigenvalue weighted by Crippen LogP contribution is -2.46. The monoisotopic (exact) mass is 414 g/mol. The molecular formula is C22H33F3N2O2. The van der Waals surface area contributed by atoms with E-state index in [1.54, 1.807) is 26.8 Å². The van der Waals surface area contributed by atoms with Crippen molar-refractivity contribution in [2.24, 2.45) is 5.92 Å². The molecule has 1 heterocycles. The summed E-state index contributed by atoms with van der Waals surface area (Å²) >= 11 is 0. The number of carbonyl (C=O) groups is 1. The average Bonchev–Trinajstić information content (AvgIpc) is 2.53. The van der Waals surface area contributed by atoms with Crippen molar-refractivity contribution in [3.05, 3.63) is 34.9 Å². The second-order valence-electron chi connectivity index (χ2n) is 9.27. The number of hydrogen-bond donors (Lipinski definition) is 0. The average molecular weight is 415 g/mol. The van der Waals surface area contributed by atoms with Gasteiger partial charge in [0.1, 0.15) is 5.60 Å². The second kappa shape index (κ2) is 9.47. The van der Waals surface area contributed by atoms with Crippen molar-refractivity contribution in [1.82, 2.24) is 9.80 Å². The van der Waals surface area contributed by atoms with Gasteiger partial charge in [0, 0.05) is 39.3 Å². The topological polar surface area (TPSA) is 32.8 Å². The van der Waals surface area contributed by atoms with Crippen LogP contribution in [0, 0.1) is 5.92 Å². The molecule has 164 valence electrons. The Morgan fingerprint density at radius 2 is 1.55 bits per heavy atom. The van der Waals surface area contributed by atoms with Crippen LogP contribution in [0.4, 0.5) is 13.2 Å². The zero-order valence-corrected chi connectivity index (χ0v) is 18.1. The molecule has 1 aliphatic rings. The molecule has 0 N–H and O–H groups in total. The lowest BCUT2D eigenvalue weighted by Gasteiger charge is -2.35. The summed E-state index contributed by atoms with van der Waals surface area (Å²) in [6, 6.07) is 3.94. The molecule has 0 bridgehead atoms. The molecule has 1 aromatic carbocycles. The summed E-state index contributed by atoms with van der Waals surface area (Å²) in [5.74, 6) is 0.0745. The minimum absolute atomic E-state index is 0.170. The summed E-state index contributed by atoms with van der Waals surface area (Å²) in [7, 11) is 0. The molecule has 0 saturated carbocycles. The fourth-order valence-electron chi connectivity index (χ4n) is 3.57. The van der Waals surface area contributed by atoms with E-state index in [1.807, 2.05) is 0 Å². The normalized spacial score (nSPS) is 17.0. The molecule has 0 atom stereocenters. The SMILES string of the molecule is CC(C)CN1CCN(Cc2cc(CC(=O)OC(C)(C)C)cc(C(F)(F)F)c2)CC1. The number of carbonyl (C=O) groups excluding carboxylic acids is 1. The quantitative estimate of drug-likeness (QED) is 0.648. The first-order valence-corrected chi connectivity index (χ1v) is 10.2. The third-order valence-electron chi connectivity index (χ3n) is 4.64. The molecule has 0 unspecified atom stereocenters. The maximum Gasteiger partial charge on any atom is 0.416 e. The van der Waals surface area contributed by atoms with E-state index < -0.39 is 23.3 Å². The van der Waals surface area contributed by atoms with Gasteiger partial charge in [0.25, 0.3) is 0 Å². The molecule has 2 rings (SSSR count). The van der Waals surface area contributed by atoms with Crippen LogP contribution >= 0.6 is 0 Å².